The van der Waals surface area contributed by atoms with Crippen molar-refractivity contribution in [2.24, 2.45) is 0 Å². The molecule has 0 aliphatic carbocycles. The molecule has 0 radical (unpaired) electrons. The second-order valence-corrected chi connectivity index (χ2v) is 10.7. The number of hydrogen-bond acceptors (Lipinski definition) is 0. The molecule has 0 unspecified atom stereocenters. The maximum Gasteiger partial charge on any atom is 0.112 e. The third-order valence-corrected chi connectivity index (χ3v) is 9.80. The zero-order valence-electron chi connectivity index (χ0n) is 14.5. The molecule has 25 heavy (non-hydrogen) atoms. The Hall–Kier alpha value is -1.43. The van der Waals surface area contributed by atoms with E-state index in [1.165, 1.54) is 41.3 Å². The molecule has 0 heterocycles. The Bertz CT molecular complexity index is 644. The molecule has 0 atom stereocenters. The van der Waals surface area contributed by atoms with Gasteiger partial charge in [-0.3, -0.25) is 0 Å². The van der Waals surface area contributed by atoms with Gasteiger partial charge >= 0.3 is 0 Å². The molecule has 0 saturated carbocycles. The molecule has 0 spiro atoms. The van der Waals surface area contributed by atoms with E-state index in [2.05, 4.69) is 107 Å². The lowest BCUT2D eigenvalue weighted by Gasteiger charge is -2.27. The normalized spacial score (nSPS) is 11.4. The van der Waals surface area contributed by atoms with Gasteiger partial charge in [-0.15, -0.1) is 0 Å². The molecule has 3 aromatic carbocycles. The van der Waals surface area contributed by atoms with Crippen LogP contribution < -0.4 is 15.9 Å². The van der Waals surface area contributed by atoms with Gasteiger partial charge in [0.05, 0.1) is 6.16 Å². The molecule has 0 N–H and O–H groups in total. The van der Waals surface area contributed by atoms with E-state index in [4.69, 9.17) is 0 Å². The van der Waals surface area contributed by atoms with Crippen molar-refractivity contribution in [1.29, 1.82) is 0 Å². The SMILES string of the molecule is BrCCCCC[P+](c1ccccc1)(c1ccccc1)c1ccccc1. The molecule has 0 fully saturated rings. The standard InChI is InChI=1S/C23H25BrP/c24-19-11-4-12-20-25(21-13-5-1-6-14-21,22-15-7-2-8-16-22)23-17-9-3-10-18-23/h1-3,5-10,13-18H,4,11-12,19-20H2/q+1. The lowest BCUT2D eigenvalue weighted by molar-refractivity contribution is 0.786. The Morgan fingerprint density at radius 1 is 0.520 bits per heavy atom. The van der Waals surface area contributed by atoms with Gasteiger partial charge in [-0.05, 0) is 55.7 Å². The maximum atomic E-state index is 3.57. The smallest absolute Gasteiger partial charge is 0.0928 e. The second kappa shape index (κ2) is 9.32. The van der Waals surface area contributed by atoms with Crippen LogP contribution in [0.1, 0.15) is 19.3 Å². The van der Waals surface area contributed by atoms with E-state index in [0.717, 1.165) is 5.33 Å². The Balaban J connectivity index is 2.13. The molecule has 2 heteroatoms. The number of benzene rings is 3. The van der Waals surface area contributed by atoms with E-state index in [9.17, 15) is 0 Å². The van der Waals surface area contributed by atoms with Gasteiger partial charge in [-0.2, -0.15) is 0 Å². The minimum atomic E-state index is -1.61. The quantitative estimate of drug-likeness (QED) is 0.259. The summed E-state index contributed by atoms with van der Waals surface area (Å²) in [5.41, 5.74) is 0. The van der Waals surface area contributed by atoms with Crippen molar-refractivity contribution in [1.82, 2.24) is 0 Å². The van der Waals surface area contributed by atoms with Gasteiger partial charge in [0.15, 0.2) is 0 Å². The first-order chi connectivity index (χ1) is 12.4. The third-order valence-electron chi connectivity index (χ3n) is 4.72. The second-order valence-electron chi connectivity index (χ2n) is 6.29. The Labute approximate surface area is 160 Å². The van der Waals surface area contributed by atoms with E-state index in [1.54, 1.807) is 0 Å². The van der Waals surface area contributed by atoms with E-state index >= 15 is 0 Å². The number of unbranched alkanes of at least 4 members (excludes halogenated alkanes) is 2. The van der Waals surface area contributed by atoms with Crippen LogP contribution in [0.4, 0.5) is 0 Å². The predicted molar refractivity (Wildman–Crippen MR) is 118 cm³/mol. The zero-order valence-corrected chi connectivity index (χ0v) is 17.0. The predicted octanol–water partition coefficient (Wildman–Crippen LogP) is 5.55. The number of halogens is 1. The first-order valence-corrected chi connectivity index (χ1v) is 12.1. The van der Waals surface area contributed by atoms with Gasteiger partial charge in [0.1, 0.15) is 23.2 Å². The lowest BCUT2D eigenvalue weighted by atomic mass is 10.3. The summed E-state index contributed by atoms with van der Waals surface area (Å²) in [5.74, 6) is 0. The van der Waals surface area contributed by atoms with Crippen molar-refractivity contribution in [3.63, 3.8) is 0 Å². The minimum Gasteiger partial charge on any atom is -0.0928 e. The fourth-order valence-electron chi connectivity index (χ4n) is 3.50. The van der Waals surface area contributed by atoms with Crippen LogP contribution in [0.5, 0.6) is 0 Å². The Morgan fingerprint density at radius 3 is 1.28 bits per heavy atom. The molecule has 0 aliphatic rings. The van der Waals surface area contributed by atoms with Crippen molar-refractivity contribution >= 4 is 39.1 Å². The average Bonchev–Trinajstić information content (AvgIpc) is 2.70. The summed E-state index contributed by atoms with van der Waals surface area (Å²) in [6.07, 6.45) is 5.02. The fourth-order valence-corrected chi connectivity index (χ4v) is 8.31. The molecule has 0 bridgehead atoms. The van der Waals surface area contributed by atoms with Crippen LogP contribution in [-0.4, -0.2) is 11.5 Å². The van der Waals surface area contributed by atoms with Crippen LogP contribution in [0, 0.1) is 0 Å². The highest BCUT2D eigenvalue weighted by Gasteiger charge is 2.44. The molecule has 0 saturated heterocycles. The summed E-state index contributed by atoms with van der Waals surface area (Å²) in [4.78, 5) is 0. The first kappa shape index (κ1) is 18.4. The van der Waals surface area contributed by atoms with Crippen LogP contribution in [0.25, 0.3) is 0 Å². The minimum absolute atomic E-state index is 1.10. The molecule has 0 nitrogen and oxygen atoms in total. The monoisotopic (exact) mass is 411 g/mol. The summed E-state index contributed by atoms with van der Waals surface area (Å²) in [5, 5.41) is 5.57. The molecule has 0 aromatic heterocycles. The summed E-state index contributed by atoms with van der Waals surface area (Å²) >= 11 is 3.57. The van der Waals surface area contributed by atoms with Crippen molar-refractivity contribution in [3.8, 4) is 0 Å². The van der Waals surface area contributed by atoms with Crippen LogP contribution in [0.15, 0.2) is 91.0 Å². The van der Waals surface area contributed by atoms with Crippen LogP contribution in [-0.2, 0) is 0 Å². The van der Waals surface area contributed by atoms with E-state index < -0.39 is 7.26 Å². The first-order valence-electron chi connectivity index (χ1n) is 8.99. The Kier molecular flexibility index (Phi) is 6.84. The van der Waals surface area contributed by atoms with E-state index in [0.29, 0.717) is 0 Å². The van der Waals surface area contributed by atoms with Crippen molar-refractivity contribution < 1.29 is 0 Å². The highest BCUT2D eigenvalue weighted by molar-refractivity contribution is 9.09. The molecular formula is C23H25BrP+. The summed E-state index contributed by atoms with van der Waals surface area (Å²) in [6, 6.07) is 33.5. The average molecular weight is 412 g/mol. The van der Waals surface area contributed by atoms with Gasteiger partial charge in [-0.25, -0.2) is 0 Å². The van der Waals surface area contributed by atoms with Gasteiger partial charge in [0.25, 0.3) is 0 Å². The van der Waals surface area contributed by atoms with E-state index in [1.807, 2.05) is 0 Å². The summed E-state index contributed by atoms with van der Waals surface area (Å²) in [6.45, 7) is 0. The molecule has 3 rings (SSSR count). The molecule has 3 aromatic rings. The fraction of sp³-hybridized carbons (Fsp3) is 0.217. The van der Waals surface area contributed by atoms with Gasteiger partial charge in [0, 0.05) is 5.33 Å². The largest absolute Gasteiger partial charge is 0.112 e. The highest BCUT2D eigenvalue weighted by Crippen LogP contribution is 2.55. The van der Waals surface area contributed by atoms with Crippen molar-refractivity contribution in [3.05, 3.63) is 91.0 Å². The molecular weight excluding hydrogens is 387 g/mol. The molecule has 128 valence electrons. The number of hydrogen-bond donors (Lipinski definition) is 0. The van der Waals surface area contributed by atoms with Gasteiger partial charge in [-0.1, -0.05) is 70.5 Å². The van der Waals surface area contributed by atoms with E-state index in [-0.39, 0.29) is 0 Å². The topological polar surface area (TPSA) is 0 Å². The van der Waals surface area contributed by atoms with Gasteiger partial charge < -0.3 is 0 Å². The third kappa shape index (κ3) is 4.22. The lowest BCUT2D eigenvalue weighted by Crippen LogP contribution is -2.33. The highest BCUT2D eigenvalue weighted by atomic mass is 79.9. The van der Waals surface area contributed by atoms with Crippen LogP contribution in [0.2, 0.25) is 0 Å². The zero-order chi connectivity index (χ0) is 17.4. The number of alkyl halides is 1. The molecule has 0 aliphatic heterocycles. The summed E-state index contributed by atoms with van der Waals surface area (Å²) < 4.78 is 0. The summed E-state index contributed by atoms with van der Waals surface area (Å²) in [7, 11) is -1.61. The van der Waals surface area contributed by atoms with Crippen LogP contribution in [0.3, 0.4) is 0 Å². The Morgan fingerprint density at radius 2 is 0.920 bits per heavy atom. The van der Waals surface area contributed by atoms with Gasteiger partial charge in [0.2, 0.25) is 0 Å². The van der Waals surface area contributed by atoms with Crippen molar-refractivity contribution in [2.75, 3.05) is 11.5 Å². The van der Waals surface area contributed by atoms with Crippen LogP contribution >= 0.6 is 23.2 Å². The molecule has 0 amide bonds. The maximum absolute atomic E-state index is 3.57. The van der Waals surface area contributed by atoms with Crippen molar-refractivity contribution in [2.45, 2.75) is 19.3 Å². The number of rotatable bonds is 8.